The standard InChI is InChI=1S/C32H34O9S5/c1-31(2,3)21-7-17-27(29(19-21)45(35,36)37)44(33,34)28-18-16-26(20-30(28)46(38,39)40)42-24-12-8-22(9-13-24)41-23-10-14-25(15-11-23)43-32(4,5)6/h7-20H,1-6H3,(H,35,36,37)(H,38,39,40). The maximum Gasteiger partial charge on any atom is 0.295 e. The maximum atomic E-state index is 13.7. The van der Waals surface area contributed by atoms with E-state index in [-0.39, 0.29) is 9.64 Å². The summed E-state index contributed by atoms with van der Waals surface area (Å²) in [6.45, 7) is 11.7. The van der Waals surface area contributed by atoms with Crippen molar-refractivity contribution in [1.82, 2.24) is 0 Å². The summed E-state index contributed by atoms with van der Waals surface area (Å²) in [7, 11) is -15.0. The van der Waals surface area contributed by atoms with Gasteiger partial charge in [0.2, 0.25) is 9.84 Å². The molecule has 0 aliphatic heterocycles. The summed E-state index contributed by atoms with van der Waals surface area (Å²) in [6.07, 6.45) is 0. The molecule has 0 aliphatic carbocycles. The van der Waals surface area contributed by atoms with Crippen LogP contribution in [0.4, 0.5) is 0 Å². The summed E-state index contributed by atoms with van der Waals surface area (Å²) in [4.78, 5) is -1.45. The van der Waals surface area contributed by atoms with Crippen LogP contribution < -0.4 is 4.74 Å². The van der Waals surface area contributed by atoms with Gasteiger partial charge in [-0.15, -0.1) is 11.8 Å². The summed E-state index contributed by atoms with van der Waals surface area (Å²) in [5.41, 5.74) is -0.174. The maximum absolute atomic E-state index is 13.7. The minimum Gasteiger partial charge on any atom is -0.457 e. The molecular weight excluding hydrogens is 689 g/mol. The number of hydrogen-bond donors (Lipinski definition) is 2. The molecule has 4 rings (SSSR count). The lowest BCUT2D eigenvalue weighted by molar-refractivity contribution is 0.478. The van der Waals surface area contributed by atoms with E-state index < -0.39 is 55.1 Å². The van der Waals surface area contributed by atoms with Gasteiger partial charge in [-0.25, -0.2) is 8.42 Å². The molecule has 0 atom stereocenters. The molecule has 14 heteroatoms. The Hall–Kier alpha value is -2.85. The summed E-state index contributed by atoms with van der Waals surface area (Å²) in [6, 6.07) is 21.4. The van der Waals surface area contributed by atoms with Gasteiger partial charge in [-0.3, -0.25) is 9.11 Å². The van der Waals surface area contributed by atoms with Crippen molar-refractivity contribution in [2.24, 2.45) is 0 Å². The SMILES string of the molecule is CC(C)(C)Sc1ccc(Oc2ccc(Sc3ccc(S(=O)(=O)c4ccc(C(C)(C)C)cc4S(=O)(=O)O)c(S(=O)(=O)O)c3)cc2)cc1. The zero-order valence-corrected chi connectivity index (χ0v) is 30.0. The third-order valence-corrected chi connectivity index (χ3v) is 12.4. The van der Waals surface area contributed by atoms with E-state index in [1.54, 1.807) is 56.8 Å². The monoisotopic (exact) mass is 722 g/mol. The van der Waals surface area contributed by atoms with Gasteiger partial charge in [-0.1, -0.05) is 59.4 Å². The Morgan fingerprint density at radius 2 is 0.978 bits per heavy atom. The van der Waals surface area contributed by atoms with Gasteiger partial charge in [0.05, 0.1) is 9.79 Å². The summed E-state index contributed by atoms with van der Waals surface area (Å²) < 4.78 is 103. The summed E-state index contributed by atoms with van der Waals surface area (Å²) in [5, 5.41) is 0. The molecule has 4 aromatic rings. The lowest BCUT2D eigenvalue weighted by Crippen LogP contribution is -2.16. The first kappa shape index (κ1) is 36.0. The third kappa shape index (κ3) is 8.94. The average molecular weight is 723 g/mol. The molecule has 4 aromatic carbocycles. The smallest absolute Gasteiger partial charge is 0.295 e. The van der Waals surface area contributed by atoms with Crippen molar-refractivity contribution in [3.8, 4) is 11.5 Å². The number of benzene rings is 4. The van der Waals surface area contributed by atoms with E-state index in [9.17, 15) is 34.4 Å². The van der Waals surface area contributed by atoms with Crippen molar-refractivity contribution in [3.05, 3.63) is 90.5 Å². The van der Waals surface area contributed by atoms with Crippen molar-refractivity contribution in [3.63, 3.8) is 0 Å². The molecular formula is C32H34O9S5. The molecule has 0 saturated carbocycles. The van der Waals surface area contributed by atoms with Crippen LogP contribution in [0.2, 0.25) is 0 Å². The van der Waals surface area contributed by atoms with E-state index in [1.807, 2.05) is 24.3 Å². The molecule has 0 spiro atoms. The molecule has 0 heterocycles. The van der Waals surface area contributed by atoms with Gasteiger partial charge >= 0.3 is 0 Å². The minimum absolute atomic E-state index is 0.0809. The Bertz CT molecular complexity index is 2080. The van der Waals surface area contributed by atoms with Crippen LogP contribution in [0.15, 0.2) is 119 Å². The Labute approximate surface area is 279 Å². The number of rotatable bonds is 9. The van der Waals surface area contributed by atoms with Gasteiger partial charge in [0.25, 0.3) is 20.2 Å². The Morgan fingerprint density at radius 3 is 1.43 bits per heavy atom. The fraction of sp³-hybridized carbons (Fsp3) is 0.250. The molecule has 0 bridgehead atoms. The van der Waals surface area contributed by atoms with Gasteiger partial charge in [0, 0.05) is 19.4 Å². The predicted octanol–water partition coefficient (Wildman–Crippen LogP) is 8.14. The molecule has 0 radical (unpaired) electrons. The molecule has 9 nitrogen and oxygen atoms in total. The predicted molar refractivity (Wildman–Crippen MR) is 179 cm³/mol. The van der Waals surface area contributed by atoms with E-state index in [0.29, 0.717) is 22.0 Å². The summed E-state index contributed by atoms with van der Waals surface area (Å²) in [5.74, 6) is 1.21. The average Bonchev–Trinajstić information content (AvgIpc) is 2.92. The van der Waals surface area contributed by atoms with Crippen LogP contribution in [0.5, 0.6) is 11.5 Å². The molecule has 2 N–H and O–H groups in total. The van der Waals surface area contributed by atoms with Crippen molar-refractivity contribution in [1.29, 1.82) is 0 Å². The molecule has 246 valence electrons. The van der Waals surface area contributed by atoms with Gasteiger partial charge in [-0.2, -0.15) is 16.8 Å². The highest BCUT2D eigenvalue weighted by Crippen LogP contribution is 2.38. The van der Waals surface area contributed by atoms with E-state index in [1.165, 1.54) is 12.1 Å². The summed E-state index contributed by atoms with van der Waals surface area (Å²) >= 11 is 2.85. The quantitative estimate of drug-likeness (QED) is 0.127. The molecule has 0 amide bonds. The van der Waals surface area contributed by atoms with Crippen molar-refractivity contribution in [2.75, 3.05) is 0 Å². The second-order valence-corrected chi connectivity index (χ2v) is 20.0. The zero-order valence-electron chi connectivity index (χ0n) is 25.9. The van der Waals surface area contributed by atoms with E-state index in [2.05, 4.69) is 20.8 Å². The van der Waals surface area contributed by atoms with Crippen LogP contribution in [0.1, 0.15) is 47.1 Å². The van der Waals surface area contributed by atoms with E-state index in [0.717, 1.165) is 40.9 Å². The van der Waals surface area contributed by atoms with Crippen LogP contribution in [-0.2, 0) is 35.5 Å². The largest absolute Gasteiger partial charge is 0.457 e. The number of ether oxygens (including phenoxy) is 1. The number of sulfone groups is 1. The van der Waals surface area contributed by atoms with Gasteiger partial charge < -0.3 is 4.74 Å². The van der Waals surface area contributed by atoms with E-state index >= 15 is 0 Å². The number of thioether (sulfide) groups is 1. The van der Waals surface area contributed by atoms with Gasteiger partial charge in [-0.05, 0) is 89.8 Å². The highest BCUT2D eigenvalue weighted by Gasteiger charge is 2.33. The fourth-order valence-corrected chi connectivity index (χ4v) is 10.0. The van der Waals surface area contributed by atoms with Gasteiger partial charge in [0.15, 0.2) is 0 Å². The van der Waals surface area contributed by atoms with Crippen LogP contribution in [0.25, 0.3) is 0 Å². The Kier molecular flexibility index (Phi) is 10.2. The molecule has 0 saturated heterocycles. The van der Waals surface area contributed by atoms with Crippen molar-refractivity contribution in [2.45, 2.75) is 86.0 Å². The second-order valence-electron chi connectivity index (χ2n) is 12.3. The van der Waals surface area contributed by atoms with Crippen LogP contribution in [0.3, 0.4) is 0 Å². The first-order chi connectivity index (χ1) is 21.0. The lowest BCUT2D eigenvalue weighted by Gasteiger charge is -2.21. The van der Waals surface area contributed by atoms with Crippen LogP contribution >= 0.6 is 23.5 Å². The third-order valence-electron chi connectivity index (χ3n) is 6.40. The first-order valence-corrected chi connectivity index (χ1v) is 19.8. The highest BCUT2D eigenvalue weighted by atomic mass is 32.2. The van der Waals surface area contributed by atoms with Crippen molar-refractivity contribution >= 4 is 53.6 Å². The normalized spacial score (nSPS) is 13.0. The van der Waals surface area contributed by atoms with Crippen LogP contribution in [-0.4, -0.2) is 39.1 Å². The van der Waals surface area contributed by atoms with E-state index in [4.69, 9.17) is 4.74 Å². The Morgan fingerprint density at radius 1 is 0.543 bits per heavy atom. The molecule has 0 aliphatic rings. The second kappa shape index (κ2) is 13.0. The Balaban J connectivity index is 1.63. The topological polar surface area (TPSA) is 152 Å². The zero-order chi connectivity index (χ0) is 34.3. The molecule has 0 fully saturated rings. The first-order valence-electron chi connectivity index (χ1n) is 13.8. The fourth-order valence-electron chi connectivity index (χ4n) is 4.27. The molecule has 46 heavy (non-hydrogen) atoms. The van der Waals surface area contributed by atoms with Crippen LogP contribution in [0, 0.1) is 0 Å². The van der Waals surface area contributed by atoms with Crippen molar-refractivity contribution < 1.29 is 39.1 Å². The highest BCUT2D eigenvalue weighted by molar-refractivity contribution is 8.00. The molecule has 0 aromatic heterocycles. The van der Waals surface area contributed by atoms with Gasteiger partial charge in [0.1, 0.15) is 21.3 Å². The minimum atomic E-state index is -5.10. The number of hydrogen-bond acceptors (Lipinski definition) is 9. The lowest BCUT2D eigenvalue weighted by atomic mass is 9.87. The molecule has 0 unspecified atom stereocenters.